The van der Waals surface area contributed by atoms with Gasteiger partial charge in [0.25, 0.3) is 0 Å². The van der Waals surface area contributed by atoms with E-state index in [0.717, 1.165) is 27.4 Å². The van der Waals surface area contributed by atoms with Crippen LogP contribution in [0.4, 0.5) is 10.9 Å². The fraction of sp³-hybridized carbons (Fsp3) is 0.0714. The second-order valence-corrected chi connectivity index (χ2v) is 5.54. The maximum Gasteiger partial charge on any atom is 0.189 e. The van der Waals surface area contributed by atoms with Gasteiger partial charge in [0.05, 0.1) is 21.9 Å². The molecule has 0 radical (unpaired) electrons. The molecule has 5 nitrogen and oxygen atoms in total. The molecular formula is C14H11N5S. The smallest absolute Gasteiger partial charge is 0.189 e. The Labute approximate surface area is 118 Å². The minimum Gasteiger partial charge on any atom is -0.316 e. The zero-order valence-corrected chi connectivity index (χ0v) is 11.5. The van der Waals surface area contributed by atoms with Crippen molar-refractivity contribution in [3.8, 4) is 0 Å². The van der Waals surface area contributed by atoms with Crippen molar-refractivity contribution in [3.63, 3.8) is 0 Å². The highest BCUT2D eigenvalue weighted by Crippen LogP contribution is 2.34. The first-order valence-corrected chi connectivity index (χ1v) is 7.04. The summed E-state index contributed by atoms with van der Waals surface area (Å²) in [6.07, 6.45) is 3.62. The number of benzene rings is 1. The van der Waals surface area contributed by atoms with Crippen molar-refractivity contribution in [3.05, 3.63) is 42.2 Å². The fourth-order valence-corrected chi connectivity index (χ4v) is 3.23. The van der Waals surface area contributed by atoms with E-state index in [9.17, 15) is 0 Å². The standard InChI is InChI=1S/C14H11N5S/c1-8-9-7-16-19-10(9)6-11-13(8)20-14(17-11)18-12-4-2-3-5-15-12/h2-7H,1H3,(H,16,19)(H,15,17,18). The van der Waals surface area contributed by atoms with Gasteiger partial charge in [-0.25, -0.2) is 9.97 Å². The summed E-state index contributed by atoms with van der Waals surface area (Å²) in [5.41, 5.74) is 3.20. The summed E-state index contributed by atoms with van der Waals surface area (Å²) in [5, 5.41) is 12.3. The Morgan fingerprint density at radius 2 is 2.25 bits per heavy atom. The highest BCUT2D eigenvalue weighted by atomic mass is 32.1. The summed E-state index contributed by atoms with van der Waals surface area (Å²) >= 11 is 1.63. The van der Waals surface area contributed by atoms with Crippen molar-refractivity contribution >= 4 is 43.4 Å². The van der Waals surface area contributed by atoms with E-state index in [1.165, 1.54) is 10.3 Å². The second kappa shape index (κ2) is 4.28. The molecule has 3 heterocycles. The Balaban J connectivity index is 1.84. The van der Waals surface area contributed by atoms with Crippen LogP contribution in [-0.2, 0) is 0 Å². The Kier molecular flexibility index (Phi) is 2.43. The average molecular weight is 281 g/mol. The molecule has 0 saturated carbocycles. The van der Waals surface area contributed by atoms with Gasteiger partial charge >= 0.3 is 0 Å². The molecule has 6 heteroatoms. The molecule has 0 spiro atoms. The van der Waals surface area contributed by atoms with E-state index in [-0.39, 0.29) is 0 Å². The van der Waals surface area contributed by atoms with Crippen LogP contribution in [0.5, 0.6) is 0 Å². The van der Waals surface area contributed by atoms with Crippen molar-refractivity contribution in [1.29, 1.82) is 0 Å². The molecule has 4 rings (SSSR count). The van der Waals surface area contributed by atoms with E-state index in [2.05, 4.69) is 32.4 Å². The number of hydrogen-bond acceptors (Lipinski definition) is 5. The van der Waals surface area contributed by atoms with Gasteiger partial charge in [0.1, 0.15) is 5.82 Å². The van der Waals surface area contributed by atoms with Crippen LogP contribution >= 0.6 is 11.3 Å². The third-order valence-electron chi connectivity index (χ3n) is 3.25. The lowest BCUT2D eigenvalue weighted by Crippen LogP contribution is -1.90. The molecule has 2 N–H and O–H groups in total. The molecule has 0 aliphatic rings. The third kappa shape index (κ3) is 1.73. The number of nitrogens with zero attached hydrogens (tertiary/aromatic N) is 3. The molecular weight excluding hydrogens is 270 g/mol. The van der Waals surface area contributed by atoms with Crippen LogP contribution in [-0.4, -0.2) is 20.2 Å². The minimum atomic E-state index is 0.802. The largest absolute Gasteiger partial charge is 0.316 e. The van der Waals surface area contributed by atoms with Crippen molar-refractivity contribution in [2.24, 2.45) is 0 Å². The maximum atomic E-state index is 4.62. The summed E-state index contributed by atoms with van der Waals surface area (Å²) in [6.45, 7) is 2.10. The molecule has 0 aliphatic heterocycles. The summed E-state index contributed by atoms with van der Waals surface area (Å²) < 4.78 is 1.18. The van der Waals surface area contributed by atoms with Gasteiger partial charge in [0, 0.05) is 11.6 Å². The van der Waals surface area contributed by atoms with Gasteiger partial charge in [0.2, 0.25) is 0 Å². The lowest BCUT2D eigenvalue weighted by atomic mass is 10.1. The number of rotatable bonds is 2. The summed E-state index contributed by atoms with van der Waals surface area (Å²) in [4.78, 5) is 8.87. The number of pyridine rings is 1. The molecule has 20 heavy (non-hydrogen) atoms. The molecule has 0 fully saturated rings. The van der Waals surface area contributed by atoms with Gasteiger partial charge in [-0.1, -0.05) is 17.4 Å². The van der Waals surface area contributed by atoms with E-state index in [1.807, 2.05) is 30.5 Å². The molecule has 0 unspecified atom stereocenters. The molecule has 1 aromatic carbocycles. The van der Waals surface area contributed by atoms with Gasteiger partial charge in [-0.05, 0) is 30.7 Å². The minimum absolute atomic E-state index is 0.802. The third-order valence-corrected chi connectivity index (χ3v) is 4.35. The van der Waals surface area contributed by atoms with Crippen molar-refractivity contribution < 1.29 is 0 Å². The average Bonchev–Trinajstić information content (AvgIpc) is 3.07. The van der Waals surface area contributed by atoms with Gasteiger partial charge in [-0.15, -0.1) is 0 Å². The van der Waals surface area contributed by atoms with Gasteiger partial charge in [-0.3, -0.25) is 5.10 Å². The zero-order valence-electron chi connectivity index (χ0n) is 10.7. The number of H-pyrrole nitrogens is 1. The number of anilines is 2. The van der Waals surface area contributed by atoms with Crippen LogP contribution in [0.2, 0.25) is 0 Å². The van der Waals surface area contributed by atoms with E-state index >= 15 is 0 Å². The number of nitrogens with one attached hydrogen (secondary N) is 2. The van der Waals surface area contributed by atoms with E-state index < -0.39 is 0 Å². The summed E-state index contributed by atoms with van der Waals surface area (Å²) in [5.74, 6) is 0.802. The van der Waals surface area contributed by atoms with Crippen LogP contribution < -0.4 is 5.32 Å². The maximum absolute atomic E-state index is 4.62. The van der Waals surface area contributed by atoms with E-state index in [4.69, 9.17) is 0 Å². The SMILES string of the molecule is Cc1c2cn[nH]c2cc2nc(Nc3ccccn3)sc12. The highest BCUT2D eigenvalue weighted by Gasteiger charge is 2.11. The summed E-state index contributed by atoms with van der Waals surface area (Å²) in [6, 6.07) is 7.80. The van der Waals surface area contributed by atoms with Crippen LogP contribution in [0.15, 0.2) is 36.7 Å². The number of aromatic nitrogens is 4. The Bertz CT molecular complexity index is 894. The number of hydrogen-bond donors (Lipinski definition) is 2. The van der Waals surface area contributed by atoms with Crippen LogP contribution in [0.25, 0.3) is 21.1 Å². The zero-order chi connectivity index (χ0) is 13.5. The number of thiazole rings is 1. The molecule has 3 aromatic heterocycles. The molecule has 0 aliphatic carbocycles. The second-order valence-electron chi connectivity index (χ2n) is 4.54. The predicted molar refractivity (Wildman–Crippen MR) is 81.5 cm³/mol. The first-order chi connectivity index (χ1) is 9.81. The van der Waals surface area contributed by atoms with Gasteiger partial charge in [-0.2, -0.15) is 5.10 Å². The van der Waals surface area contributed by atoms with Crippen LogP contribution in [0.3, 0.4) is 0 Å². The Morgan fingerprint density at radius 3 is 3.10 bits per heavy atom. The Hall–Kier alpha value is -2.47. The quantitative estimate of drug-likeness (QED) is 0.589. The highest BCUT2D eigenvalue weighted by molar-refractivity contribution is 7.22. The lowest BCUT2D eigenvalue weighted by molar-refractivity contribution is 1.12. The van der Waals surface area contributed by atoms with Crippen molar-refractivity contribution in [2.45, 2.75) is 6.92 Å². The molecule has 4 aromatic rings. The Morgan fingerprint density at radius 1 is 1.30 bits per heavy atom. The molecule has 0 amide bonds. The monoisotopic (exact) mass is 281 g/mol. The molecule has 98 valence electrons. The van der Waals surface area contributed by atoms with Crippen molar-refractivity contribution in [2.75, 3.05) is 5.32 Å². The van der Waals surface area contributed by atoms with E-state index in [0.29, 0.717) is 0 Å². The van der Waals surface area contributed by atoms with Crippen molar-refractivity contribution in [1.82, 2.24) is 20.2 Å². The number of fused-ring (bicyclic) bond motifs is 2. The predicted octanol–water partition coefficient (Wildman–Crippen LogP) is 3.62. The molecule has 0 bridgehead atoms. The fourth-order valence-electron chi connectivity index (χ4n) is 2.26. The van der Waals surface area contributed by atoms with Crippen LogP contribution in [0.1, 0.15) is 5.56 Å². The number of aryl methyl sites for hydroxylation is 1. The normalized spacial score (nSPS) is 11.2. The van der Waals surface area contributed by atoms with E-state index in [1.54, 1.807) is 17.5 Å². The first-order valence-electron chi connectivity index (χ1n) is 6.22. The van der Waals surface area contributed by atoms with Crippen LogP contribution in [0, 0.1) is 6.92 Å². The topological polar surface area (TPSA) is 66.5 Å². The summed E-state index contributed by atoms with van der Waals surface area (Å²) in [7, 11) is 0. The van der Waals surface area contributed by atoms with Gasteiger partial charge < -0.3 is 5.32 Å². The lowest BCUT2D eigenvalue weighted by Gasteiger charge is -1.98. The molecule has 0 atom stereocenters. The number of aromatic amines is 1. The molecule has 0 saturated heterocycles. The van der Waals surface area contributed by atoms with Gasteiger partial charge in [0.15, 0.2) is 5.13 Å². The first kappa shape index (κ1) is 11.4.